The third-order valence-electron chi connectivity index (χ3n) is 5.44. The maximum atomic E-state index is 10.5. The van der Waals surface area contributed by atoms with Gasteiger partial charge in [-0.2, -0.15) is 5.10 Å². The second-order valence-corrected chi connectivity index (χ2v) is 7.88. The van der Waals surface area contributed by atoms with Gasteiger partial charge in [0.2, 0.25) is 0 Å². The second-order valence-electron chi connectivity index (χ2n) is 6.87. The van der Waals surface area contributed by atoms with Crippen molar-refractivity contribution in [1.29, 1.82) is 0 Å². The van der Waals surface area contributed by atoms with Gasteiger partial charge in [-0.3, -0.25) is 0 Å². The minimum atomic E-state index is -0.344. The summed E-state index contributed by atoms with van der Waals surface area (Å²) < 4.78 is 3.06. The minimum Gasteiger partial charge on any atom is -0.391 e. The van der Waals surface area contributed by atoms with Crippen molar-refractivity contribution in [1.82, 2.24) is 19.7 Å². The van der Waals surface area contributed by atoms with Gasteiger partial charge in [-0.05, 0) is 36.8 Å². The standard InChI is InChI=1S/C17H19N5OS/c23-15-6-12-8-21(17-20-13-3-1-2-4-16(13)24-17)7-11(12)5-14(15)22-10-18-9-19-22/h1-4,9-12,14-15,23H,5-8H2/t11-,12+,14-,15-/m1/s1. The van der Waals surface area contributed by atoms with Crippen LogP contribution in [0.4, 0.5) is 5.13 Å². The Morgan fingerprint density at radius 2 is 1.96 bits per heavy atom. The molecule has 1 N–H and O–H groups in total. The lowest BCUT2D eigenvalue weighted by Gasteiger charge is -2.34. The van der Waals surface area contributed by atoms with Crippen LogP contribution in [-0.4, -0.2) is 44.0 Å². The van der Waals surface area contributed by atoms with Gasteiger partial charge in [-0.25, -0.2) is 14.6 Å². The SMILES string of the molecule is O[C@@H]1C[C@H]2CN(c3nc4ccccc4s3)C[C@H]2C[C@H]1n1cncn1. The molecule has 124 valence electrons. The van der Waals surface area contributed by atoms with E-state index in [0.717, 1.165) is 36.6 Å². The quantitative estimate of drug-likeness (QED) is 0.775. The molecule has 0 radical (unpaired) electrons. The first-order valence-electron chi connectivity index (χ1n) is 8.40. The summed E-state index contributed by atoms with van der Waals surface area (Å²) in [6.45, 7) is 2.01. The van der Waals surface area contributed by atoms with Crippen LogP contribution in [0.1, 0.15) is 18.9 Å². The van der Waals surface area contributed by atoms with Crippen LogP contribution < -0.4 is 4.90 Å². The Kier molecular flexibility index (Phi) is 3.31. The van der Waals surface area contributed by atoms with Gasteiger partial charge in [0.15, 0.2) is 5.13 Å². The maximum absolute atomic E-state index is 10.5. The van der Waals surface area contributed by atoms with Crippen molar-refractivity contribution >= 4 is 26.7 Å². The highest BCUT2D eigenvalue weighted by Gasteiger charge is 2.43. The van der Waals surface area contributed by atoms with Crippen molar-refractivity contribution in [2.45, 2.75) is 25.0 Å². The first kappa shape index (κ1) is 14.4. The molecule has 3 heterocycles. The van der Waals surface area contributed by atoms with Gasteiger partial charge in [-0.1, -0.05) is 23.5 Å². The summed E-state index contributed by atoms with van der Waals surface area (Å²) in [6, 6.07) is 8.35. The Morgan fingerprint density at radius 3 is 2.75 bits per heavy atom. The average molecular weight is 341 g/mol. The molecule has 2 aromatic heterocycles. The van der Waals surface area contributed by atoms with Crippen LogP contribution in [-0.2, 0) is 0 Å². The van der Waals surface area contributed by atoms with Crippen LogP contribution in [0, 0.1) is 11.8 Å². The highest BCUT2D eigenvalue weighted by molar-refractivity contribution is 7.22. The molecule has 6 nitrogen and oxygen atoms in total. The Bertz CT molecular complexity index is 815. The van der Waals surface area contributed by atoms with E-state index >= 15 is 0 Å². The summed E-state index contributed by atoms with van der Waals surface area (Å²) in [4.78, 5) is 11.2. The van der Waals surface area contributed by atoms with Gasteiger partial charge in [0.05, 0.1) is 22.4 Å². The van der Waals surface area contributed by atoms with Crippen LogP contribution >= 0.6 is 11.3 Å². The van der Waals surface area contributed by atoms with E-state index in [9.17, 15) is 5.11 Å². The van der Waals surface area contributed by atoms with E-state index < -0.39 is 0 Å². The van der Waals surface area contributed by atoms with Gasteiger partial charge in [-0.15, -0.1) is 0 Å². The zero-order valence-corrected chi connectivity index (χ0v) is 14.0. The Morgan fingerprint density at radius 1 is 1.12 bits per heavy atom. The molecule has 1 aromatic carbocycles. The molecule has 0 unspecified atom stereocenters. The topological polar surface area (TPSA) is 67.1 Å². The predicted molar refractivity (Wildman–Crippen MR) is 93.1 cm³/mol. The highest BCUT2D eigenvalue weighted by atomic mass is 32.1. The number of aliphatic hydroxyl groups excluding tert-OH is 1. The van der Waals surface area contributed by atoms with Crippen LogP contribution in [0.15, 0.2) is 36.9 Å². The van der Waals surface area contributed by atoms with Crippen LogP contribution in [0.25, 0.3) is 10.2 Å². The molecule has 1 saturated carbocycles. The molecule has 1 aliphatic heterocycles. The molecule has 0 amide bonds. The monoisotopic (exact) mass is 341 g/mol. The molecule has 0 bridgehead atoms. The molecule has 1 aliphatic carbocycles. The smallest absolute Gasteiger partial charge is 0.186 e. The lowest BCUT2D eigenvalue weighted by molar-refractivity contribution is 0.0305. The van der Waals surface area contributed by atoms with Gasteiger partial charge < -0.3 is 10.0 Å². The molecule has 5 rings (SSSR count). The lowest BCUT2D eigenvalue weighted by Crippen LogP contribution is -2.36. The van der Waals surface area contributed by atoms with E-state index in [1.54, 1.807) is 24.0 Å². The fourth-order valence-electron chi connectivity index (χ4n) is 4.23. The van der Waals surface area contributed by atoms with Crippen molar-refractivity contribution < 1.29 is 5.11 Å². The number of nitrogens with zero attached hydrogens (tertiary/aromatic N) is 5. The van der Waals surface area contributed by atoms with E-state index in [0.29, 0.717) is 11.8 Å². The Hall–Kier alpha value is -1.99. The maximum Gasteiger partial charge on any atom is 0.186 e. The zero-order chi connectivity index (χ0) is 16.1. The molecule has 7 heteroatoms. The van der Waals surface area contributed by atoms with Crippen LogP contribution in [0.3, 0.4) is 0 Å². The average Bonchev–Trinajstić information content (AvgIpc) is 3.31. The van der Waals surface area contributed by atoms with Crippen molar-refractivity contribution in [2.24, 2.45) is 11.8 Å². The van der Waals surface area contributed by atoms with Crippen molar-refractivity contribution in [3.8, 4) is 0 Å². The van der Waals surface area contributed by atoms with Gasteiger partial charge >= 0.3 is 0 Å². The summed E-state index contributed by atoms with van der Waals surface area (Å²) >= 11 is 1.76. The van der Waals surface area contributed by atoms with E-state index in [1.165, 1.54) is 4.70 Å². The fraction of sp³-hybridized carbons (Fsp3) is 0.471. The number of thiazole rings is 1. The summed E-state index contributed by atoms with van der Waals surface area (Å²) in [5, 5.41) is 15.9. The van der Waals surface area contributed by atoms with Crippen molar-refractivity contribution in [3.63, 3.8) is 0 Å². The van der Waals surface area contributed by atoms with E-state index in [-0.39, 0.29) is 12.1 Å². The molecular formula is C17H19N5OS. The molecule has 3 aromatic rings. The Balaban J connectivity index is 1.38. The number of hydrogen-bond acceptors (Lipinski definition) is 6. The van der Waals surface area contributed by atoms with Crippen molar-refractivity contribution in [2.75, 3.05) is 18.0 Å². The summed E-state index contributed by atoms with van der Waals surface area (Å²) in [5.41, 5.74) is 1.08. The van der Waals surface area contributed by atoms with Gasteiger partial charge in [0.25, 0.3) is 0 Å². The van der Waals surface area contributed by atoms with E-state index in [1.807, 2.05) is 10.7 Å². The number of benzene rings is 1. The molecule has 2 aliphatic rings. The molecule has 0 spiro atoms. The fourth-order valence-corrected chi connectivity index (χ4v) is 5.22. The van der Waals surface area contributed by atoms with Crippen molar-refractivity contribution in [3.05, 3.63) is 36.9 Å². The lowest BCUT2D eigenvalue weighted by atomic mass is 9.77. The normalized spacial score (nSPS) is 30.0. The molecule has 2 fully saturated rings. The van der Waals surface area contributed by atoms with Gasteiger partial charge in [0.1, 0.15) is 12.7 Å². The highest BCUT2D eigenvalue weighted by Crippen LogP contribution is 2.43. The van der Waals surface area contributed by atoms with Crippen LogP contribution in [0.2, 0.25) is 0 Å². The first-order valence-corrected chi connectivity index (χ1v) is 9.22. The second kappa shape index (κ2) is 5.53. The molecule has 4 atom stereocenters. The number of para-hydroxylation sites is 1. The van der Waals surface area contributed by atoms with Gasteiger partial charge in [0, 0.05) is 13.1 Å². The third-order valence-corrected chi connectivity index (χ3v) is 6.54. The number of rotatable bonds is 2. The number of anilines is 1. The molecule has 24 heavy (non-hydrogen) atoms. The van der Waals surface area contributed by atoms with Crippen LogP contribution in [0.5, 0.6) is 0 Å². The zero-order valence-electron chi connectivity index (χ0n) is 13.2. The largest absolute Gasteiger partial charge is 0.391 e. The van der Waals surface area contributed by atoms with E-state index in [2.05, 4.69) is 33.2 Å². The number of aliphatic hydroxyl groups is 1. The number of aromatic nitrogens is 4. The first-order chi connectivity index (χ1) is 11.8. The Labute approximate surface area is 143 Å². The predicted octanol–water partition coefficient (Wildman–Crippen LogP) is 2.34. The summed E-state index contributed by atoms with van der Waals surface area (Å²) in [7, 11) is 0. The minimum absolute atomic E-state index is 0.0454. The number of fused-ring (bicyclic) bond motifs is 2. The summed E-state index contributed by atoms with van der Waals surface area (Å²) in [6.07, 6.45) is 4.70. The van der Waals surface area contributed by atoms with E-state index in [4.69, 9.17) is 4.98 Å². The third kappa shape index (κ3) is 2.31. The molecule has 1 saturated heterocycles. The summed E-state index contributed by atoms with van der Waals surface area (Å²) in [5.74, 6) is 1.11. The number of hydrogen-bond donors (Lipinski definition) is 1. The molecular weight excluding hydrogens is 322 g/mol.